The highest BCUT2D eigenvalue weighted by Gasteiger charge is 2.52. The van der Waals surface area contributed by atoms with Crippen LogP contribution in [0.1, 0.15) is 55.2 Å². The summed E-state index contributed by atoms with van der Waals surface area (Å²) in [5.41, 5.74) is 8.71. The van der Waals surface area contributed by atoms with Gasteiger partial charge in [-0.15, -0.1) is 0 Å². The van der Waals surface area contributed by atoms with Crippen LogP contribution in [0.5, 0.6) is 0 Å². The molecule has 4 nitrogen and oxygen atoms in total. The van der Waals surface area contributed by atoms with E-state index in [0.29, 0.717) is 34.0 Å². The zero-order valence-electron chi connectivity index (χ0n) is 26.7. The Balaban J connectivity index is 1.14. The maximum atomic E-state index is 9.83. The number of nitrogens with zero attached hydrogens (tertiary/aromatic N) is 4. The van der Waals surface area contributed by atoms with E-state index in [0.717, 1.165) is 28.9 Å². The van der Waals surface area contributed by atoms with Crippen molar-refractivity contribution < 1.29 is 0 Å². The molecule has 10 rings (SSSR count). The normalized spacial score (nSPS) is 22.8. The molecular formula is C43H36N4. The van der Waals surface area contributed by atoms with Gasteiger partial charge in [0.1, 0.15) is 0 Å². The van der Waals surface area contributed by atoms with Crippen molar-refractivity contribution >= 4 is 10.8 Å². The summed E-state index contributed by atoms with van der Waals surface area (Å²) in [5.74, 6) is 4.44. The van der Waals surface area contributed by atoms with Crippen molar-refractivity contribution in [3.63, 3.8) is 0 Å². The number of aromatic nitrogens is 3. The molecule has 0 spiro atoms. The van der Waals surface area contributed by atoms with Gasteiger partial charge in [0.2, 0.25) is 0 Å². The van der Waals surface area contributed by atoms with E-state index in [-0.39, 0.29) is 0 Å². The van der Waals surface area contributed by atoms with Crippen LogP contribution in [0.3, 0.4) is 0 Å². The molecule has 1 aromatic heterocycles. The molecule has 1 heterocycles. The molecule has 6 aromatic rings. The lowest BCUT2D eigenvalue weighted by Gasteiger charge is -2.57. The minimum Gasteiger partial charge on any atom is -0.208 e. The third-order valence-electron chi connectivity index (χ3n) is 11.3. The summed E-state index contributed by atoms with van der Waals surface area (Å²) in [4.78, 5) is 14.7. The minimum atomic E-state index is 0.350. The monoisotopic (exact) mass is 608 g/mol. The van der Waals surface area contributed by atoms with Crippen molar-refractivity contribution in [2.45, 2.75) is 50.9 Å². The van der Waals surface area contributed by atoms with Crippen molar-refractivity contribution in [1.82, 2.24) is 15.0 Å². The molecule has 0 N–H and O–H groups in total. The maximum Gasteiger partial charge on any atom is 0.165 e. The quantitative estimate of drug-likeness (QED) is 0.195. The highest BCUT2D eigenvalue weighted by atomic mass is 15.0. The van der Waals surface area contributed by atoms with E-state index in [1.165, 1.54) is 66.0 Å². The van der Waals surface area contributed by atoms with Crippen LogP contribution in [0.4, 0.5) is 0 Å². The number of aryl methyl sites for hydroxylation is 1. The number of rotatable bonds is 5. The molecule has 4 aliphatic rings. The number of hydrogen-bond acceptors (Lipinski definition) is 4. The first-order chi connectivity index (χ1) is 23.1. The van der Waals surface area contributed by atoms with Crippen LogP contribution in [0.25, 0.3) is 56.1 Å². The third kappa shape index (κ3) is 4.76. The van der Waals surface area contributed by atoms with Gasteiger partial charge in [0, 0.05) is 16.7 Å². The van der Waals surface area contributed by atoms with Gasteiger partial charge in [-0.2, -0.15) is 5.26 Å². The Morgan fingerprint density at radius 1 is 0.574 bits per heavy atom. The second kappa shape index (κ2) is 11.0. The van der Waals surface area contributed by atoms with E-state index in [2.05, 4.69) is 67.6 Å². The van der Waals surface area contributed by atoms with Crippen LogP contribution < -0.4 is 0 Å². The van der Waals surface area contributed by atoms with Gasteiger partial charge < -0.3 is 0 Å². The second-order valence-electron chi connectivity index (χ2n) is 14.3. The Hall–Kier alpha value is -5.14. The van der Waals surface area contributed by atoms with Crippen molar-refractivity contribution in [2.24, 2.45) is 17.8 Å². The molecule has 4 saturated carbocycles. The molecule has 4 fully saturated rings. The Morgan fingerprint density at radius 2 is 1.17 bits per heavy atom. The van der Waals surface area contributed by atoms with Crippen LogP contribution in [0.2, 0.25) is 0 Å². The molecule has 0 aliphatic heterocycles. The van der Waals surface area contributed by atoms with Gasteiger partial charge in [-0.05, 0) is 120 Å². The average Bonchev–Trinajstić information content (AvgIpc) is 3.11. The van der Waals surface area contributed by atoms with Gasteiger partial charge in [-0.3, -0.25) is 0 Å². The zero-order valence-corrected chi connectivity index (χ0v) is 26.7. The van der Waals surface area contributed by atoms with Gasteiger partial charge in [0.25, 0.3) is 0 Å². The van der Waals surface area contributed by atoms with E-state index in [9.17, 15) is 5.26 Å². The molecule has 228 valence electrons. The van der Waals surface area contributed by atoms with E-state index < -0.39 is 0 Å². The fraction of sp³-hybridized carbons (Fsp3) is 0.256. The van der Waals surface area contributed by atoms with Crippen LogP contribution in [0, 0.1) is 36.0 Å². The molecule has 0 radical (unpaired) electrons. The van der Waals surface area contributed by atoms with Crippen molar-refractivity contribution in [1.29, 1.82) is 5.26 Å². The summed E-state index contributed by atoms with van der Waals surface area (Å²) in [5, 5.41) is 12.6. The van der Waals surface area contributed by atoms with E-state index >= 15 is 0 Å². The lowest BCUT2D eigenvalue weighted by atomic mass is 9.47. The molecular weight excluding hydrogens is 573 g/mol. The van der Waals surface area contributed by atoms with E-state index in [4.69, 9.17) is 15.0 Å². The first-order valence-electron chi connectivity index (χ1n) is 17.0. The first-order valence-corrected chi connectivity index (χ1v) is 17.0. The van der Waals surface area contributed by atoms with E-state index in [1.807, 2.05) is 48.5 Å². The summed E-state index contributed by atoms with van der Waals surface area (Å²) >= 11 is 0. The predicted octanol–water partition coefficient (Wildman–Crippen LogP) is 10.3. The van der Waals surface area contributed by atoms with Gasteiger partial charge in [-0.25, -0.2) is 15.0 Å². The van der Waals surface area contributed by atoms with Gasteiger partial charge in [0.15, 0.2) is 17.5 Å². The topological polar surface area (TPSA) is 62.5 Å². The Labute approximate surface area is 276 Å². The first kappa shape index (κ1) is 28.1. The van der Waals surface area contributed by atoms with Crippen LogP contribution in [-0.2, 0) is 5.41 Å². The summed E-state index contributed by atoms with van der Waals surface area (Å²) in [7, 11) is 0. The van der Waals surface area contributed by atoms with E-state index in [1.54, 1.807) is 11.6 Å². The fourth-order valence-corrected chi connectivity index (χ4v) is 9.66. The van der Waals surface area contributed by atoms with Crippen molar-refractivity contribution in [3.05, 3.63) is 126 Å². The Kier molecular flexibility index (Phi) is 6.57. The van der Waals surface area contributed by atoms with Crippen LogP contribution in [-0.4, -0.2) is 15.0 Å². The molecule has 0 unspecified atom stereocenters. The fourth-order valence-electron chi connectivity index (χ4n) is 9.66. The zero-order chi connectivity index (χ0) is 31.5. The molecule has 4 heteroatoms. The predicted molar refractivity (Wildman–Crippen MR) is 188 cm³/mol. The third-order valence-corrected chi connectivity index (χ3v) is 11.3. The van der Waals surface area contributed by atoms with Gasteiger partial charge in [0.05, 0.1) is 11.6 Å². The average molecular weight is 609 g/mol. The SMILES string of the molecule is Cc1cc(-c2nc(-c3ccccc3)nc(-c3ccccc3C#N)n2)ccc1-c1ccc(C23C[C@H]4C[C@@H](C2)C[C@@H](C3)C4)c2ccccc12. The molecule has 4 bridgehead atoms. The van der Waals surface area contributed by atoms with Crippen LogP contribution >= 0.6 is 0 Å². The standard InChI is InChI=1S/C43H36N4/c1-27-19-32(41-45-40(31-9-3-2-4-10-31)46-42(47-41)35-12-6-5-11-33(35)26-44)15-16-34(27)37-17-18-39(38-14-8-7-13-36(37)38)43-23-28-20-29(24-43)22-30(21-28)25-43/h2-19,28-30H,20-25H2,1H3/t28-,29+,30-,43?. The summed E-state index contributed by atoms with van der Waals surface area (Å²) in [6, 6.07) is 40.3. The van der Waals surface area contributed by atoms with Crippen LogP contribution in [0.15, 0.2) is 109 Å². The number of hydrogen-bond donors (Lipinski definition) is 0. The highest BCUT2D eigenvalue weighted by Crippen LogP contribution is 2.61. The lowest BCUT2D eigenvalue weighted by Crippen LogP contribution is -2.48. The lowest BCUT2D eigenvalue weighted by molar-refractivity contribution is -0.00449. The summed E-state index contributed by atoms with van der Waals surface area (Å²) in [6.45, 7) is 2.19. The smallest absolute Gasteiger partial charge is 0.165 e. The molecule has 47 heavy (non-hydrogen) atoms. The van der Waals surface area contributed by atoms with Crippen molar-refractivity contribution in [3.8, 4) is 51.4 Å². The largest absolute Gasteiger partial charge is 0.208 e. The summed E-state index contributed by atoms with van der Waals surface area (Å²) in [6.07, 6.45) is 8.49. The molecule has 0 amide bonds. The van der Waals surface area contributed by atoms with Gasteiger partial charge in [-0.1, -0.05) is 91.0 Å². The summed E-state index contributed by atoms with van der Waals surface area (Å²) < 4.78 is 0. The molecule has 4 aliphatic carbocycles. The van der Waals surface area contributed by atoms with Gasteiger partial charge >= 0.3 is 0 Å². The maximum absolute atomic E-state index is 9.83. The second-order valence-corrected chi connectivity index (χ2v) is 14.3. The minimum absolute atomic E-state index is 0.350. The molecule has 0 saturated heterocycles. The highest BCUT2D eigenvalue weighted by molar-refractivity contribution is 6.00. The number of benzene rings is 5. The molecule has 5 aromatic carbocycles. The van der Waals surface area contributed by atoms with Crippen molar-refractivity contribution in [2.75, 3.05) is 0 Å². The number of nitriles is 1. The number of fused-ring (bicyclic) bond motifs is 1. The Morgan fingerprint density at radius 3 is 1.87 bits per heavy atom. The Bertz CT molecular complexity index is 2170. The molecule has 0 atom stereocenters.